The SMILES string of the molecule is COC(=O)NN=C(C)c1cnc2ccccc2n1. The van der Waals surface area contributed by atoms with Crippen molar-refractivity contribution in [3.8, 4) is 0 Å². The van der Waals surface area contributed by atoms with Crippen molar-refractivity contribution in [1.82, 2.24) is 15.4 Å². The van der Waals surface area contributed by atoms with Gasteiger partial charge in [0.25, 0.3) is 0 Å². The second-order valence-electron chi connectivity index (χ2n) is 3.54. The fraction of sp³-hybridized carbons (Fsp3) is 0.167. The summed E-state index contributed by atoms with van der Waals surface area (Å²) in [5.41, 5.74) is 4.99. The van der Waals surface area contributed by atoms with Gasteiger partial charge in [-0.3, -0.25) is 4.98 Å². The van der Waals surface area contributed by atoms with E-state index in [9.17, 15) is 4.79 Å². The van der Waals surface area contributed by atoms with E-state index in [1.165, 1.54) is 7.11 Å². The Morgan fingerprint density at radius 1 is 1.33 bits per heavy atom. The molecule has 1 aromatic carbocycles. The van der Waals surface area contributed by atoms with Crippen LogP contribution in [0, 0.1) is 0 Å². The van der Waals surface area contributed by atoms with Crippen LogP contribution in [0.2, 0.25) is 0 Å². The van der Waals surface area contributed by atoms with Crippen molar-refractivity contribution in [3.05, 3.63) is 36.2 Å². The Hall–Kier alpha value is -2.50. The highest BCUT2D eigenvalue weighted by Crippen LogP contribution is 2.08. The monoisotopic (exact) mass is 244 g/mol. The quantitative estimate of drug-likeness (QED) is 0.644. The topological polar surface area (TPSA) is 76.5 Å². The lowest BCUT2D eigenvalue weighted by molar-refractivity contribution is 0.171. The van der Waals surface area contributed by atoms with Gasteiger partial charge in [-0.1, -0.05) is 12.1 Å². The standard InChI is InChI=1S/C12H12N4O2/c1-8(15-16-12(17)18-2)11-7-13-9-5-3-4-6-10(9)14-11/h3-7H,1-2H3,(H,16,17). The number of rotatable bonds is 2. The molecule has 1 aromatic heterocycles. The molecule has 0 fully saturated rings. The van der Waals surface area contributed by atoms with Crippen LogP contribution in [0.4, 0.5) is 4.79 Å². The Kier molecular flexibility index (Phi) is 3.47. The average molecular weight is 244 g/mol. The number of fused-ring (bicyclic) bond motifs is 1. The lowest BCUT2D eigenvalue weighted by Crippen LogP contribution is -2.19. The molecular weight excluding hydrogens is 232 g/mol. The van der Waals surface area contributed by atoms with E-state index >= 15 is 0 Å². The summed E-state index contributed by atoms with van der Waals surface area (Å²) in [6, 6.07) is 7.54. The number of benzene rings is 1. The van der Waals surface area contributed by atoms with Gasteiger partial charge < -0.3 is 4.74 Å². The van der Waals surface area contributed by atoms with Crippen LogP contribution in [0.3, 0.4) is 0 Å². The molecule has 0 unspecified atom stereocenters. The van der Waals surface area contributed by atoms with Gasteiger partial charge >= 0.3 is 6.09 Å². The maximum atomic E-state index is 10.9. The first kappa shape index (κ1) is 12.0. The van der Waals surface area contributed by atoms with Crippen LogP contribution in [-0.2, 0) is 4.74 Å². The van der Waals surface area contributed by atoms with E-state index in [1.54, 1.807) is 13.1 Å². The van der Waals surface area contributed by atoms with Gasteiger partial charge in [0.1, 0.15) is 5.69 Å². The minimum atomic E-state index is -0.622. The Bertz CT molecular complexity index is 610. The third kappa shape index (κ3) is 2.60. The number of ether oxygens (including phenoxy) is 1. The summed E-state index contributed by atoms with van der Waals surface area (Å²) in [5.74, 6) is 0. The van der Waals surface area contributed by atoms with Gasteiger partial charge in [0, 0.05) is 0 Å². The van der Waals surface area contributed by atoms with E-state index in [4.69, 9.17) is 0 Å². The molecule has 6 heteroatoms. The lowest BCUT2D eigenvalue weighted by Gasteiger charge is -2.02. The van der Waals surface area contributed by atoms with Crippen LogP contribution in [-0.4, -0.2) is 28.9 Å². The summed E-state index contributed by atoms with van der Waals surface area (Å²) in [6.45, 7) is 1.73. The third-order valence-electron chi connectivity index (χ3n) is 2.32. The predicted molar refractivity (Wildman–Crippen MR) is 67.3 cm³/mol. The van der Waals surface area contributed by atoms with E-state index < -0.39 is 6.09 Å². The van der Waals surface area contributed by atoms with E-state index in [0.29, 0.717) is 11.4 Å². The summed E-state index contributed by atoms with van der Waals surface area (Å²) < 4.78 is 4.41. The average Bonchev–Trinajstić information content (AvgIpc) is 2.43. The Balaban J connectivity index is 2.27. The second kappa shape index (κ2) is 5.22. The number of nitrogens with one attached hydrogen (secondary N) is 1. The summed E-state index contributed by atoms with van der Waals surface area (Å²) in [5, 5.41) is 3.86. The summed E-state index contributed by atoms with van der Waals surface area (Å²) in [7, 11) is 1.27. The van der Waals surface area contributed by atoms with E-state index in [1.807, 2.05) is 24.3 Å². The van der Waals surface area contributed by atoms with Gasteiger partial charge in [0.15, 0.2) is 0 Å². The minimum absolute atomic E-state index is 0.554. The Morgan fingerprint density at radius 3 is 2.78 bits per heavy atom. The second-order valence-corrected chi connectivity index (χ2v) is 3.54. The largest absolute Gasteiger partial charge is 0.452 e. The van der Waals surface area contributed by atoms with Crippen molar-refractivity contribution >= 4 is 22.8 Å². The van der Waals surface area contributed by atoms with Crippen LogP contribution in [0.1, 0.15) is 12.6 Å². The molecule has 0 radical (unpaired) electrons. The maximum Gasteiger partial charge on any atom is 0.427 e. The van der Waals surface area contributed by atoms with Crippen molar-refractivity contribution < 1.29 is 9.53 Å². The van der Waals surface area contributed by atoms with Crippen molar-refractivity contribution in [2.24, 2.45) is 5.10 Å². The molecule has 0 bridgehead atoms. The zero-order chi connectivity index (χ0) is 13.0. The molecule has 92 valence electrons. The number of para-hydroxylation sites is 2. The molecule has 1 N–H and O–H groups in total. The first-order valence-corrected chi connectivity index (χ1v) is 5.31. The Morgan fingerprint density at radius 2 is 2.06 bits per heavy atom. The molecule has 0 saturated heterocycles. The molecule has 0 atom stereocenters. The zero-order valence-corrected chi connectivity index (χ0v) is 10.0. The lowest BCUT2D eigenvalue weighted by atomic mass is 10.2. The molecular formula is C12H12N4O2. The summed E-state index contributed by atoms with van der Waals surface area (Å²) in [4.78, 5) is 19.5. The molecule has 2 aromatic rings. The van der Waals surface area contributed by atoms with Gasteiger partial charge in [-0.05, 0) is 19.1 Å². The molecule has 0 spiro atoms. The van der Waals surface area contributed by atoms with Crippen molar-refractivity contribution in [2.75, 3.05) is 7.11 Å². The molecule has 1 amide bonds. The highest BCUT2D eigenvalue weighted by Gasteiger charge is 2.03. The molecule has 0 aliphatic rings. The van der Waals surface area contributed by atoms with Crippen LogP contribution >= 0.6 is 0 Å². The van der Waals surface area contributed by atoms with Gasteiger partial charge in [-0.2, -0.15) is 5.10 Å². The highest BCUT2D eigenvalue weighted by molar-refractivity contribution is 5.98. The van der Waals surface area contributed by atoms with E-state index in [2.05, 4.69) is 25.2 Å². The number of hydrogen-bond donors (Lipinski definition) is 1. The number of methoxy groups -OCH3 is 1. The van der Waals surface area contributed by atoms with Crippen LogP contribution < -0.4 is 5.43 Å². The summed E-state index contributed by atoms with van der Waals surface area (Å²) >= 11 is 0. The molecule has 2 rings (SSSR count). The van der Waals surface area contributed by atoms with Crippen LogP contribution in [0.5, 0.6) is 0 Å². The summed E-state index contributed by atoms with van der Waals surface area (Å²) in [6.07, 6.45) is 0.989. The molecule has 0 aliphatic heterocycles. The predicted octanol–water partition coefficient (Wildman–Crippen LogP) is 1.71. The first-order valence-electron chi connectivity index (χ1n) is 5.31. The Labute approximate surface area is 104 Å². The van der Waals surface area contributed by atoms with Gasteiger partial charge in [-0.15, -0.1) is 0 Å². The smallest absolute Gasteiger partial charge is 0.427 e. The van der Waals surface area contributed by atoms with E-state index in [0.717, 1.165) is 11.0 Å². The molecule has 1 heterocycles. The van der Waals surface area contributed by atoms with Gasteiger partial charge in [0.05, 0.1) is 30.1 Å². The third-order valence-corrected chi connectivity index (χ3v) is 2.32. The van der Waals surface area contributed by atoms with Crippen molar-refractivity contribution in [3.63, 3.8) is 0 Å². The number of aromatic nitrogens is 2. The number of hydrazone groups is 1. The number of nitrogens with zero attached hydrogens (tertiary/aromatic N) is 3. The number of amides is 1. The molecule has 0 aliphatic carbocycles. The molecule has 0 saturated carbocycles. The zero-order valence-electron chi connectivity index (χ0n) is 10.0. The number of carbonyl (C=O) groups excluding carboxylic acids is 1. The van der Waals surface area contributed by atoms with E-state index in [-0.39, 0.29) is 0 Å². The number of carbonyl (C=O) groups is 1. The van der Waals surface area contributed by atoms with Gasteiger partial charge in [0.2, 0.25) is 0 Å². The van der Waals surface area contributed by atoms with Gasteiger partial charge in [-0.25, -0.2) is 15.2 Å². The number of hydrogen-bond acceptors (Lipinski definition) is 5. The highest BCUT2D eigenvalue weighted by atomic mass is 16.5. The fourth-order valence-electron chi connectivity index (χ4n) is 1.36. The first-order chi connectivity index (χ1) is 8.70. The maximum absolute atomic E-state index is 10.9. The molecule has 6 nitrogen and oxygen atoms in total. The minimum Gasteiger partial charge on any atom is -0.452 e. The van der Waals surface area contributed by atoms with Crippen LogP contribution in [0.15, 0.2) is 35.6 Å². The van der Waals surface area contributed by atoms with Crippen LogP contribution in [0.25, 0.3) is 11.0 Å². The van der Waals surface area contributed by atoms with Crippen molar-refractivity contribution in [1.29, 1.82) is 0 Å². The normalized spacial score (nSPS) is 11.3. The van der Waals surface area contributed by atoms with Crippen molar-refractivity contribution in [2.45, 2.75) is 6.92 Å². The molecule has 18 heavy (non-hydrogen) atoms. The fourth-order valence-corrected chi connectivity index (χ4v) is 1.36.